The van der Waals surface area contributed by atoms with Crippen LogP contribution in [0.15, 0.2) is 30.3 Å². The highest BCUT2D eigenvalue weighted by atomic mass is 19.4. The Kier molecular flexibility index (Phi) is 4.48. The van der Waals surface area contributed by atoms with Crippen molar-refractivity contribution in [2.45, 2.75) is 25.4 Å². The number of rotatable bonds is 4. The van der Waals surface area contributed by atoms with E-state index in [1.54, 1.807) is 18.2 Å². The maximum Gasteiger partial charge on any atom is 0.433 e. The molecule has 29 heavy (non-hydrogen) atoms. The van der Waals surface area contributed by atoms with Crippen molar-refractivity contribution in [3.05, 3.63) is 47.4 Å². The van der Waals surface area contributed by atoms with Gasteiger partial charge in [-0.2, -0.15) is 13.2 Å². The zero-order valence-corrected chi connectivity index (χ0v) is 15.2. The zero-order valence-electron chi connectivity index (χ0n) is 15.2. The van der Waals surface area contributed by atoms with Gasteiger partial charge >= 0.3 is 12.1 Å². The molecule has 0 fully saturated rings. The molecule has 3 aromatic rings. The summed E-state index contributed by atoms with van der Waals surface area (Å²) in [5, 5.41) is 2.71. The van der Waals surface area contributed by atoms with Crippen molar-refractivity contribution in [2.75, 3.05) is 12.4 Å². The maximum atomic E-state index is 13.2. The number of aryl methyl sites for hydroxylation is 1. The predicted molar refractivity (Wildman–Crippen MR) is 96.5 cm³/mol. The van der Waals surface area contributed by atoms with Crippen molar-refractivity contribution in [3.63, 3.8) is 0 Å². The molecule has 1 amide bonds. The third kappa shape index (κ3) is 3.53. The lowest BCUT2D eigenvalue weighted by Gasteiger charge is -2.11. The smallest absolute Gasteiger partial charge is 0.433 e. The Morgan fingerprint density at radius 2 is 2.03 bits per heavy atom. The van der Waals surface area contributed by atoms with Gasteiger partial charge in [0.25, 0.3) is 0 Å². The number of imidazole rings is 1. The maximum absolute atomic E-state index is 13.2. The first-order chi connectivity index (χ1) is 13.8. The number of alkyl halides is 3. The standard InChI is InChI=1S/C19H15F3N4O3/c1-29-17(28)7-6-15-23-13-4-5-14(19(20,21)22)25-18(13)26(15)11-2-3-12-10(8-11)9-16(27)24-12/h2-5,8H,6-7,9H2,1H3,(H,24,27). The van der Waals surface area contributed by atoms with Crippen molar-refractivity contribution in [2.24, 2.45) is 0 Å². The molecule has 0 atom stereocenters. The molecule has 10 heteroatoms. The number of aromatic nitrogens is 3. The second-order valence-electron chi connectivity index (χ2n) is 6.54. The highest BCUT2D eigenvalue weighted by molar-refractivity contribution is 5.99. The molecule has 0 saturated heterocycles. The molecule has 4 rings (SSSR count). The molecule has 2 aromatic heterocycles. The van der Waals surface area contributed by atoms with E-state index in [1.165, 1.54) is 17.7 Å². The average Bonchev–Trinajstić information content (AvgIpc) is 3.22. The van der Waals surface area contributed by atoms with E-state index in [0.717, 1.165) is 11.6 Å². The van der Waals surface area contributed by atoms with E-state index >= 15 is 0 Å². The molecular weight excluding hydrogens is 389 g/mol. The summed E-state index contributed by atoms with van der Waals surface area (Å²) in [6.45, 7) is 0. The zero-order chi connectivity index (χ0) is 20.8. The summed E-state index contributed by atoms with van der Waals surface area (Å²) in [6.07, 6.45) is -4.27. The average molecular weight is 404 g/mol. The lowest BCUT2D eigenvalue weighted by Crippen LogP contribution is -2.10. The fraction of sp³-hybridized carbons (Fsp3) is 0.263. The van der Waals surface area contributed by atoms with Crippen molar-refractivity contribution in [1.82, 2.24) is 14.5 Å². The van der Waals surface area contributed by atoms with Crippen LogP contribution < -0.4 is 5.32 Å². The van der Waals surface area contributed by atoms with E-state index in [1.807, 2.05) is 0 Å². The lowest BCUT2D eigenvalue weighted by molar-refractivity contribution is -0.141. The van der Waals surface area contributed by atoms with Crippen LogP contribution in [0.25, 0.3) is 16.9 Å². The number of hydrogen-bond acceptors (Lipinski definition) is 5. The van der Waals surface area contributed by atoms with Gasteiger partial charge in [-0.15, -0.1) is 0 Å². The van der Waals surface area contributed by atoms with E-state index in [4.69, 9.17) is 0 Å². The van der Waals surface area contributed by atoms with Crippen LogP contribution in [0.2, 0.25) is 0 Å². The van der Waals surface area contributed by atoms with Gasteiger partial charge in [-0.1, -0.05) is 0 Å². The normalized spacial score (nSPS) is 13.4. The Bertz CT molecular complexity index is 1140. The monoisotopic (exact) mass is 404 g/mol. The number of nitrogens with zero attached hydrogens (tertiary/aromatic N) is 3. The molecule has 0 saturated carbocycles. The number of carbonyl (C=O) groups excluding carboxylic acids is 2. The van der Waals surface area contributed by atoms with Crippen LogP contribution in [0.3, 0.4) is 0 Å². The fourth-order valence-electron chi connectivity index (χ4n) is 3.27. The first-order valence-electron chi connectivity index (χ1n) is 8.72. The van der Waals surface area contributed by atoms with Crippen LogP contribution >= 0.6 is 0 Å². The van der Waals surface area contributed by atoms with Crippen molar-refractivity contribution >= 4 is 28.7 Å². The highest BCUT2D eigenvalue weighted by Gasteiger charge is 2.33. The van der Waals surface area contributed by atoms with Crippen LogP contribution in [0.5, 0.6) is 0 Å². The van der Waals surface area contributed by atoms with E-state index in [9.17, 15) is 22.8 Å². The second kappa shape index (κ2) is 6.87. The number of benzene rings is 1. The molecule has 1 aliphatic rings. The first kappa shape index (κ1) is 18.9. The SMILES string of the molecule is COC(=O)CCc1nc2ccc(C(F)(F)F)nc2n1-c1ccc2c(c1)CC(=O)N2. The number of methoxy groups -OCH3 is 1. The summed E-state index contributed by atoms with van der Waals surface area (Å²) < 4.78 is 45.7. The molecule has 1 N–H and O–H groups in total. The number of hydrogen-bond donors (Lipinski definition) is 1. The quantitative estimate of drug-likeness (QED) is 0.676. The molecule has 7 nitrogen and oxygen atoms in total. The van der Waals surface area contributed by atoms with Gasteiger partial charge in [0.05, 0.1) is 20.0 Å². The first-order valence-corrected chi connectivity index (χ1v) is 8.72. The number of carbonyl (C=O) groups is 2. The Hall–Kier alpha value is -3.43. The fourth-order valence-corrected chi connectivity index (χ4v) is 3.27. The molecule has 0 radical (unpaired) electrons. The molecule has 150 valence electrons. The van der Waals surface area contributed by atoms with Gasteiger partial charge < -0.3 is 10.1 Å². The Morgan fingerprint density at radius 3 is 2.76 bits per heavy atom. The minimum atomic E-state index is -4.61. The molecule has 3 heterocycles. The largest absolute Gasteiger partial charge is 0.469 e. The minimum absolute atomic E-state index is 0.0108. The number of nitrogens with one attached hydrogen (secondary N) is 1. The van der Waals surface area contributed by atoms with Gasteiger partial charge in [-0.3, -0.25) is 14.2 Å². The van der Waals surface area contributed by atoms with Crippen molar-refractivity contribution < 1.29 is 27.5 Å². The summed E-state index contributed by atoms with van der Waals surface area (Å²) in [5.74, 6) is -0.248. The molecule has 0 bridgehead atoms. The molecular formula is C19H15F3N4O3. The third-order valence-electron chi connectivity index (χ3n) is 4.62. The number of halogens is 3. The number of anilines is 1. The van der Waals surface area contributed by atoms with Crippen molar-refractivity contribution in [1.29, 1.82) is 0 Å². The number of pyridine rings is 1. The van der Waals surface area contributed by atoms with Crippen LogP contribution in [0, 0.1) is 0 Å². The van der Waals surface area contributed by atoms with Gasteiger partial charge in [0.2, 0.25) is 5.91 Å². The van der Waals surface area contributed by atoms with E-state index in [-0.39, 0.29) is 36.3 Å². The van der Waals surface area contributed by atoms with Crippen LogP contribution in [-0.4, -0.2) is 33.5 Å². The molecule has 1 aromatic carbocycles. The van der Waals surface area contributed by atoms with Crippen molar-refractivity contribution in [3.8, 4) is 5.69 Å². The third-order valence-corrected chi connectivity index (χ3v) is 4.62. The summed E-state index contributed by atoms with van der Waals surface area (Å²) in [5.41, 5.74) is 1.14. The Balaban J connectivity index is 1.87. The molecule has 0 aliphatic carbocycles. The number of esters is 1. The number of amides is 1. The summed E-state index contributed by atoms with van der Waals surface area (Å²) in [6, 6.07) is 7.17. The van der Waals surface area contributed by atoms with E-state index in [2.05, 4.69) is 20.0 Å². The van der Waals surface area contributed by atoms with Crippen LogP contribution in [0.4, 0.5) is 18.9 Å². The Labute approximate surface area is 162 Å². The number of ether oxygens (including phenoxy) is 1. The van der Waals surface area contributed by atoms with Gasteiger partial charge in [-0.05, 0) is 35.9 Å². The molecule has 0 spiro atoms. The summed E-state index contributed by atoms with van der Waals surface area (Å²) >= 11 is 0. The number of fused-ring (bicyclic) bond motifs is 2. The minimum Gasteiger partial charge on any atom is -0.469 e. The van der Waals surface area contributed by atoms with Gasteiger partial charge in [-0.25, -0.2) is 9.97 Å². The van der Waals surface area contributed by atoms with E-state index in [0.29, 0.717) is 17.2 Å². The molecule has 0 unspecified atom stereocenters. The predicted octanol–water partition coefficient (Wildman–Crippen LogP) is 3.04. The van der Waals surface area contributed by atoms with Crippen LogP contribution in [0.1, 0.15) is 23.5 Å². The highest BCUT2D eigenvalue weighted by Crippen LogP contribution is 2.32. The van der Waals surface area contributed by atoms with E-state index < -0.39 is 17.8 Å². The summed E-state index contributed by atoms with van der Waals surface area (Å²) in [4.78, 5) is 31.3. The second-order valence-corrected chi connectivity index (χ2v) is 6.54. The van der Waals surface area contributed by atoms with Crippen LogP contribution in [-0.2, 0) is 33.3 Å². The lowest BCUT2D eigenvalue weighted by atomic mass is 10.1. The van der Waals surface area contributed by atoms with Gasteiger partial charge in [0.15, 0.2) is 5.65 Å². The summed E-state index contributed by atoms with van der Waals surface area (Å²) in [7, 11) is 1.26. The molecule has 1 aliphatic heterocycles. The van der Waals surface area contributed by atoms with Gasteiger partial charge in [0.1, 0.15) is 17.0 Å². The van der Waals surface area contributed by atoms with Gasteiger partial charge in [0, 0.05) is 17.8 Å². The Morgan fingerprint density at radius 1 is 1.24 bits per heavy atom. The topological polar surface area (TPSA) is 86.1 Å².